The van der Waals surface area contributed by atoms with Crippen molar-refractivity contribution in [3.05, 3.63) is 636 Å². The molecule has 2 spiro atoms. The maximum absolute atomic E-state index is 2.45. The number of para-hydroxylation sites is 8. The fourth-order valence-electron chi connectivity index (χ4n) is 24.5. The maximum Gasteiger partial charge on any atom is 0.0755 e. The molecule has 0 aromatic heterocycles. The van der Waals surface area contributed by atoms with E-state index < -0.39 is 10.8 Å². The van der Waals surface area contributed by atoms with Crippen LogP contribution in [0.25, 0.3) is 66.8 Å². The molecule has 0 bridgehead atoms. The van der Waals surface area contributed by atoms with Crippen molar-refractivity contribution in [2.24, 2.45) is 0 Å². The molecule has 4 nitrogen and oxygen atoms in total. The summed E-state index contributed by atoms with van der Waals surface area (Å²) in [6.45, 7) is 4.70. The van der Waals surface area contributed by atoms with E-state index >= 15 is 0 Å². The largest absolute Gasteiger partial charge is 0.310 e. The number of fused-ring (bicyclic) bond motifs is 24. The Balaban J connectivity index is 0.000000112. The van der Waals surface area contributed by atoms with Gasteiger partial charge in [0.1, 0.15) is 0 Å². The highest BCUT2D eigenvalue weighted by molar-refractivity contribution is 7.99. The summed E-state index contributed by atoms with van der Waals surface area (Å²) in [5.41, 5.74) is 46.4. The molecular weight excluding hydrogens is 1750 g/mol. The zero-order valence-electron chi connectivity index (χ0n) is 79.3. The number of benzene rings is 22. The summed E-state index contributed by atoms with van der Waals surface area (Å²) in [5, 5.41) is 0. The van der Waals surface area contributed by atoms with Crippen molar-refractivity contribution in [3.63, 3.8) is 0 Å². The van der Waals surface area contributed by atoms with E-state index in [2.05, 4.69) is 592 Å². The number of rotatable bonds is 14. The van der Waals surface area contributed by atoms with Crippen LogP contribution in [0.5, 0.6) is 0 Å². The first-order valence-electron chi connectivity index (χ1n) is 49.6. The van der Waals surface area contributed by atoms with Crippen molar-refractivity contribution in [1.29, 1.82) is 0 Å². The van der Waals surface area contributed by atoms with Crippen molar-refractivity contribution < 1.29 is 0 Å². The SMILES string of the molecule is CC1(C)c2ccccc2-c2c(-c3cccc(-c4ccc(N(c5ccccc5)c5ccc6c(c5)C(c5ccccc5)(c5ccccc5)c5ccccc5-6)cc4)c3)cccc21.c1ccc(N(c2ccccc2)c2ccc3c(c2)C2(c4ccccc4-3)c3ccccc3N(c3ccccc3)c3ccccc32)cc1.c1ccc(N(c2ccccc2)c2ccc3c(c2)C2(c4ccccc4Sc4ccccc42)c2ccccc2-3)cc1. The van der Waals surface area contributed by atoms with Crippen LogP contribution in [0.4, 0.5) is 68.2 Å². The van der Waals surface area contributed by atoms with Gasteiger partial charge in [-0.2, -0.15) is 0 Å². The third kappa shape index (κ3) is 13.8. The minimum absolute atomic E-state index is 0.0343. The molecule has 0 amide bonds. The fraction of sp³-hybridized carbons (Fsp3) is 0.0435. The summed E-state index contributed by atoms with van der Waals surface area (Å²) in [5.74, 6) is 0. The molecule has 0 saturated heterocycles. The molecule has 5 heteroatoms. The van der Waals surface area contributed by atoms with Crippen molar-refractivity contribution in [2.75, 3.05) is 19.6 Å². The van der Waals surface area contributed by atoms with E-state index in [1.165, 1.54) is 166 Å². The first-order chi connectivity index (χ1) is 70.7. The molecule has 0 atom stereocenters. The Morgan fingerprint density at radius 1 is 0.175 bits per heavy atom. The van der Waals surface area contributed by atoms with E-state index in [1.54, 1.807) is 0 Å². The van der Waals surface area contributed by atoms with Crippen LogP contribution in [-0.4, -0.2) is 0 Å². The van der Waals surface area contributed by atoms with Crippen molar-refractivity contribution in [3.8, 4) is 66.8 Å². The first-order valence-corrected chi connectivity index (χ1v) is 50.4. The predicted octanol–water partition coefficient (Wildman–Crippen LogP) is 36.4. The van der Waals surface area contributed by atoms with Gasteiger partial charge in [-0.3, -0.25) is 0 Å². The summed E-state index contributed by atoms with van der Waals surface area (Å²) in [7, 11) is 0. The van der Waals surface area contributed by atoms with E-state index in [1.807, 2.05) is 11.8 Å². The topological polar surface area (TPSA) is 13.0 Å². The summed E-state index contributed by atoms with van der Waals surface area (Å²) in [6, 6.07) is 204. The molecule has 22 aromatic rings. The molecule has 28 rings (SSSR count). The maximum atomic E-state index is 2.45. The third-order valence-corrected chi connectivity index (χ3v) is 31.7. The molecule has 22 aromatic carbocycles. The van der Waals surface area contributed by atoms with E-state index in [4.69, 9.17) is 0 Å². The van der Waals surface area contributed by atoms with Gasteiger partial charge in [-0.25, -0.2) is 0 Å². The smallest absolute Gasteiger partial charge is 0.0755 e. The van der Waals surface area contributed by atoms with Gasteiger partial charge in [0.25, 0.3) is 0 Å². The molecule has 4 aliphatic carbocycles. The molecule has 2 heterocycles. The van der Waals surface area contributed by atoms with Crippen molar-refractivity contribution >= 4 is 80.0 Å². The Labute approximate surface area is 841 Å². The Hall–Kier alpha value is -17.6. The van der Waals surface area contributed by atoms with Gasteiger partial charge in [-0.05, 0) is 296 Å². The van der Waals surface area contributed by atoms with Crippen LogP contribution in [-0.2, 0) is 21.7 Å². The summed E-state index contributed by atoms with van der Waals surface area (Å²) >= 11 is 1.89. The normalized spacial score (nSPS) is 13.7. The summed E-state index contributed by atoms with van der Waals surface area (Å²) in [4.78, 5) is 12.2. The van der Waals surface area contributed by atoms with Crippen LogP contribution in [0.3, 0.4) is 0 Å². The number of nitrogens with zero attached hydrogens (tertiary/aromatic N) is 4. The standard InChI is InChI=1S/C58H43N.C43H30N2.C37H25NS/c1-57(2)52-29-14-13-27-51(52)56-48(28-17-31-54(56)57)42-19-16-18-41(38-42)40-32-34-46(35-33-40)59(45-24-10-5-11-25-45)47-36-37-50-49-26-12-15-30-53(49)58(55(50)39-47,43-20-6-3-7-21-43)44-22-8-4-9-23-44;1-4-16-31(17-5-1)44(32-18-6-2-7-19-32)34-28-29-36-35-22-10-11-23-37(35)43(40(36)30-34)38-24-12-14-26-41(38)45(33-20-8-3-9-21-33)42-27-15-13-25-39(42)43;1-3-13-26(14-4-1)38(27-15-5-2-6-16-27)28-23-24-30-29-17-7-8-18-31(29)37(34(30)25-28)32-19-9-11-21-35(32)39-36-22-12-10-20-33(36)37/h3-39H,1-2H3;1-30H;1-25H. The van der Waals surface area contributed by atoms with Gasteiger partial charge in [-0.15, -0.1) is 0 Å². The van der Waals surface area contributed by atoms with Crippen molar-refractivity contribution in [1.82, 2.24) is 0 Å². The first kappa shape index (κ1) is 85.8. The second kappa shape index (κ2) is 35.4. The lowest BCUT2D eigenvalue weighted by Gasteiger charge is -2.45. The fourth-order valence-corrected chi connectivity index (χ4v) is 25.7. The van der Waals surface area contributed by atoms with Gasteiger partial charge in [-0.1, -0.05) is 432 Å². The lowest BCUT2D eigenvalue weighted by atomic mass is 9.64. The van der Waals surface area contributed by atoms with Crippen LogP contribution in [0.1, 0.15) is 91.7 Å². The van der Waals surface area contributed by atoms with Gasteiger partial charge >= 0.3 is 0 Å². The van der Waals surface area contributed by atoms with E-state index in [0.29, 0.717) is 0 Å². The van der Waals surface area contributed by atoms with Crippen LogP contribution < -0.4 is 19.6 Å². The molecule has 0 unspecified atom stereocenters. The zero-order valence-corrected chi connectivity index (χ0v) is 80.1. The highest BCUT2D eigenvalue weighted by Gasteiger charge is 2.54. The lowest BCUT2D eigenvalue weighted by Crippen LogP contribution is -2.36. The number of anilines is 12. The van der Waals surface area contributed by atoms with E-state index in [-0.39, 0.29) is 10.8 Å². The zero-order chi connectivity index (χ0) is 95.2. The lowest BCUT2D eigenvalue weighted by molar-refractivity contribution is 0.660. The third-order valence-electron chi connectivity index (χ3n) is 30.5. The molecular formula is C138H98N4S. The van der Waals surface area contributed by atoms with E-state index in [9.17, 15) is 0 Å². The van der Waals surface area contributed by atoms with Crippen LogP contribution in [0, 0.1) is 0 Å². The summed E-state index contributed by atoms with van der Waals surface area (Å²) in [6.07, 6.45) is 0. The van der Waals surface area contributed by atoms with Gasteiger partial charge in [0.05, 0.1) is 27.6 Å². The molecule has 143 heavy (non-hydrogen) atoms. The van der Waals surface area contributed by atoms with Crippen LogP contribution in [0.2, 0.25) is 0 Å². The van der Waals surface area contributed by atoms with Gasteiger partial charge < -0.3 is 19.6 Å². The average molecular weight is 1840 g/mol. The van der Waals surface area contributed by atoms with Gasteiger partial charge in [0.2, 0.25) is 0 Å². The molecule has 2 aliphatic heterocycles. The highest BCUT2D eigenvalue weighted by atomic mass is 32.2. The average Bonchev–Trinajstić information content (AvgIpc) is 1.53. The minimum Gasteiger partial charge on any atom is -0.310 e. The molecule has 676 valence electrons. The number of hydrogen-bond acceptors (Lipinski definition) is 5. The second-order valence-corrected chi connectivity index (χ2v) is 39.4. The van der Waals surface area contributed by atoms with Crippen LogP contribution >= 0.6 is 11.8 Å². The minimum atomic E-state index is -0.487. The van der Waals surface area contributed by atoms with Crippen LogP contribution in [0.15, 0.2) is 568 Å². The van der Waals surface area contributed by atoms with Crippen molar-refractivity contribution in [2.45, 2.75) is 45.3 Å². The monoisotopic (exact) mass is 1840 g/mol. The summed E-state index contributed by atoms with van der Waals surface area (Å²) < 4.78 is 0. The molecule has 0 radical (unpaired) electrons. The van der Waals surface area contributed by atoms with Gasteiger partial charge in [0, 0.05) is 72.1 Å². The van der Waals surface area contributed by atoms with Gasteiger partial charge in [0.15, 0.2) is 0 Å². The molecule has 0 fully saturated rings. The number of hydrogen-bond donors (Lipinski definition) is 0. The second-order valence-electron chi connectivity index (χ2n) is 38.3. The highest BCUT2D eigenvalue weighted by Crippen LogP contribution is 2.67. The molecule has 6 aliphatic rings. The Bertz CT molecular complexity index is 8370. The Morgan fingerprint density at radius 3 is 0.888 bits per heavy atom. The van der Waals surface area contributed by atoms with E-state index in [0.717, 1.165) is 56.9 Å². The quantitative estimate of drug-likeness (QED) is 0.107. The Morgan fingerprint density at radius 2 is 0.462 bits per heavy atom. The Kier molecular flexibility index (Phi) is 21.2. The predicted molar refractivity (Wildman–Crippen MR) is 596 cm³/mol. The molecule has 0 saturated carbocycles. The molecule has 0 N–H and O–H groups in total.